The highest BCUT2D eigenvalue weighted by atomic mass is 35.5. The van der Waals surface area contributed by atoms with Gasteiger partial charge >= 0.3 is 0 Å². The summed E-state index contributed by atoms with van der Waals surface area (Å²) in [7, 11) is 0. The molecule has 21 heavy (non-hydrogen) atoms. The Morgan fingerprint density at radius 3 is 2.67 bits per heavy atom. The molecule has 118 valence electrons. The van der Waals surface area contributed by atoms with Crippen LogP contribution in [0, 0.1) is 0 Å². The number of piperidine rings is 1. The van der Waals surface area contributed by atoms with E-state index in [0.717, 1.165) is 18.1 Å². The number of hydrogen-bond donors (Lipinski definition) is 1. The maximum absolute atomic E-state index is 6.57. The molecule has 1 aromatic rings. The molecule has 0 saturated carbocycles. The molecule has 2 nitrogen and oxygen atoms in total. The van der Waals surface area contributed by atoms with Crippen molar-refractivity contribution in [1.29, 1.82) is 0 Å². The van der Waals surface area contributed by atoms with E-state index in [-0.39, 0.29) is 5.54 Å². The summed E-state index contributed by atoms with van der Waals surface area (Å²) in [5, 5.41) is 4.40. The first-order chi connectivity index (χ1) is 9.90. The molecular formula is C18H29ClN2. The van der Waals surface area contributed by atoms with Crippen molar-refractivity contribution in [3.05, 3.63) is 28.8 Å². The number of nitrogens with one attached hydrogen (secondary N) is 1. The van der Waals surface area contributed by atoms with Crippen LogP contribution < -0.4 is 10.2 Å². The molecule has 1 N–H and O–H groups in total. The second-order valence-electron chi connectivity index (χ2n) is 7.14. The third-order valence-electron chi connectivity index (χ3n) is 4.24. The quantitative estimate of drug-likeness (QED) is 0.842. The SMILES string of the molecule is CCC1CCCCN1c1ccc(CNC(C)(C)C)cc1Cl. The van der Waals surface area contributed by atoms with Crippen LogP contribution >= 0.6 is 11.6 Å². The highest BCUT2D eigenvalue weighted by Gasteiger charge is 2.22. The molecule has 0 aromatic heterocycles. The van der Waals surface area contributed by atoms with Gasteiger partial charge in [0.25, 0.3) is 0 Å². The second-order valence-corrected chi connectivity index (χ2v) is 7.55. The summed E-state index contributed by atoms with van der Waals surface area (Å²) in [5.41, 5.74) is 2.59. The average Bonchev–Trinajstić information content (AvgIpc) is 2.44. The van der Waals surface area contributed by atoms with Crippen LogP contribution in [0.5, 0.6) is 0 Å². The van der Waals surface area contributed by atoms with Gasteiger partial charge in [-0.1, -0.05) is 24.6 Å². The largest absolute Gasteiger partial charge is 0.367 e. The summed E-state index contributed by atoms with van der Waals surface area (Å²) >= 11 is 6.57. The van der Waals surface area contributed by atoms with Gasteiger partial charge in [-0.2, -0.15) is 0 Å². The van der Waals surface area contributed by atoms with Gasteiger partial charge in [-0.3, -0.25) is 0 Å². The van der Waals surface area contributed by atoms with Crippen molar-refractivity contribution in [2.24, 2.45) is 0 Å². The normalized spacial score (nSPS) is 19.9. The van der Waals surface area contributed by atoms with E-state index in [2.05, 4.69) is 56.1 Å². The molecule has 1 atom stereocenters. The number of benzene rings is 1. The minimum absolute atomic E-state index is 0.130. The Bertz CT molecular complexity index is 465. The predicted molar refractivity (Wildman–Crippen MR) is 93.3 cm³/mol. The molecule has 0 aliphatic carbocycles. The fourth-order valence-corrected chi connectivity index (χ4v) is 3.31. The van der Waals surface area contributed by atoms with Crippen LogP contribution in [-0.4, -0.2) is 18.1 Å². The summed E-state index contributed by atoms with van der Waals surface area (Å²) in [6.45, 7) is 10.8. The zero-order valence-electron chi connectivity index (χ0n) is 13.9. The zero-order valence-corrected chi connectivity index (χ0v) is 14.6. The van der Waals surface area contributed by atoms with E-state index in [0.29, 0.717) is 6.04 Å². The maximum atomic E-state index is 6.57. The lowest BCUT2D eigenvalue weighted by atomic mass is 9.99. The molecule has 1 heterocycles. The van der Waals surface area contributed by atoms with E-state index in [1.54, 1.807) is 0 Å². The predicted octanol–water partition coefficient (Wildman–Crippen LogP) is 5.00. The van der Waals surface area contributed by atoms with E-state index in [1.165, 1.54) is 36.9 Å². The smallest absolute Gasteiger partial charge is 0.0642 e. The lowest BCUT2D eigenvalue weighted by Gasteiger charge is -2.37. The van der Waals surface area contributed by atoms with Crippen molar-refractivity contribution in [3.8, 4) is 0 Å². The van der Waals surface area contributed by atoms with Gasteiger partial charge in [0.05, 0.1) is 10.7 Å². The fourth-order valence-electron chi connectivity index (χ4n) is 3.00. The third kappa shape index (κ3) is 4.62. The van der Waals surface area contributed by atoms with Gasteiger partial charge in [0.15, 0.2) is 0 Å². The van der Waals surface area contributed by atoms with E-state index in [1.807, 2.05) is 0 Å². The van der Waals surface area contributed by atoms with Crippen LogP contribution in [0.2, 0.25) is 5.02 Å². The van der Waals surface area contributed by atoms with Crippen LogP contribution in [0.15, 0.2) is 18.2 Å². The van der Waals surface area contributed by atoms with Crippen LogP contribution in [0.25, 0.3) is 0 Å². The molecule has 3 heteroatoms. The molecule has 1 fully saturated rings. The van der Waals surface area contributed by atoms with Crippen molar-refractivity contribution in [1.82, 2.24) is 5.32 Å². The Labute approximate surface area is 134 Å². The third-order valence-corrected chi connectivity index (χ3v) is 4.55. The number of anilines is 1. The Balaban J connectivity index is 2.11. The Morgan fingerprint density at radius 1 is 1.29 bits per heavy atom. The molecule has 0 radical (unpaired) electrons. The molecule has 1 unspecified atom stereocenters. The Kier molecular flexibility index (Phi) is 5.56. The minimum atomic E-state index is 0.130. The Morgan fingerprint density at radius 2 is 2.05 bits per heavy atom. The van der Waals surface area contributed by atoms with Gasteiger partial charge in [-0.25, -0.2) is 0 Å². The summed E-state index contributed by atoms with van der Waals surface area (Å²) in [6, 6.07) is 7.18. The molecule has 2 rings (SSSR count). The molecule has 0 spiro atoms. The van der Waals surface area contributed by atoms with E-state index >= 15 is 0 Å². The molecule has 1 aromatic carbocycles. The molecule has 1 aliphatic rings. The summed E-state index contributed by atoms with van der Waals surface area (Å²) in [5.74, 6) is 0. The van der Waals surface area contributed by atoms with Crippen LogP contribution in [0.1, 0.15) is 58.9 Å². The van der Waals surface area contributed by atoms with Gasteiger partial charge in [0.1, 0.15) is 0 Å². The van der Waals surface area contributed by atoms with Crippen molar-refractivity contribution in [2.45, 2.75) is 71.5 Å². The first-order valence-electron chi connectivity index (χ1n) is 8.21. The zero-order chi connectivity index (χ0) is 15.5. The van der Waals surface area contributed by atoms with E-state index < -0.39 is 0 Å². The first kappa shape index (κ1) is 16.6. The average molecular weight is 309 g/mol. The van der Waals surface area contributed by atoms with Crippen molar-refractivity contribution in [2.75, 3.05) is 11.4 Å². The number of rotatable bonds is 4. The van der Waals surface area contributed by atoms with Gasteiger partial charge in [0.2, 0.25) is 0 Å². The summed E-state index contributed by atoms with van der Waals surface area (Å²) < 4.78 is 0. The van der Waals surface area contributed by atoms with Crippen LogP contribution in [0.3, 0.4) is 0 Å². The standard InChI is InChI=1S/C18H29ClN2/c1-5-15-8-6-7-11-21(15)17-10-9-14(12-16(17)19)13-20-18(2,3)4/h9-10,12,15,20H,5-8,11,13H2,1-4H3. The highest BCUT2D eigenvalue weighted by molar-refractivity contribution is 6.33. The topological polar surface area (TPSA) is 15.3 Å². The molecule has 1 aliphatic heterocycles. The second kappa shape index (κ2) is 7.02. The monoisotopic (exact) mass is 308 g/mol. The van der Waals surface area contributed by atoms with Gasteiger partial charge in [-0.05, 0) is 64.2 Å². The van der Waals surface area contributed by atoms with Crippen molar-refractivity contribution >= 4 is 17.3 Å². The van der Waals surface area contributed by atoms with Crippen LogP contribution in [-0.2, 0) is 6.54 Å². The van der Waals surface area contributed by atoms with Gasteiger partial charge < -0.3 is 10.2 Å². The van der Waals surface area contributed by atoms with E-state index in [9.17, 15) is 0 Å². The van der Waals surface area contributed by atoms with Crippen LogP contribution in [0.4, 0.5) is 5.69 Å². The Hall–Kier alpha value is -0.730. The summed E-state index contributed by atoms with van der Waals surface area (Å²) in [4.78, 5) is 2.51. The molecule has 0 amide bonds. The summed E-state index contributed by atoms with van der Waals surface area (Å²) in [6.07, 6.45) is 5.12. The maximum Gasteiger partial charge on any atom is 0.0642 e. The van der Waals surface area contributed by atoms with Crippen molar-refractivity contribution in [3.63, 3.8) is 0 Å². The number of nitrogens with zero attached hydrogens (tertiary/aromatic N) is 1. The van der Waals surface area contributed by atoms with E-state index in [4.69, 9.17) is 11.6 Å². The number of halogens is 1. The minimum Gasteiger partial charge on any atom is -0.367 e. The van der Waals surface area contributed by atoms with Crippen molar-refractivity contribution < 1.29 is 0 Å². The lowest BCUT2D eigenvalue weighted by Crippen LogP contribution is -2.39. The fraction of sp³-hybridized carbons (Fsp3) is 0.667. The molecular weight excluding hydrogens is 280 g/mol. The van der Waals surface area contributed by atoms with Gasteiger partial charge in [0, 0.05) is 24.7 Å². The first-order valence-corrected chi connectivity index (χ1v) is 8.58. The highest BCUT2D eigenvalue weighted by Crippen LogP contribution is 2.33. The lowest BCUT2D eigenvalue weighted by molar-refractivity contribution is 0.424. The number of hydrogen-bond acceptors (Lipinski definition) is 2. The van der Waals surface area contributed by atoms with Gasteiger partial charge in [-0.15, -0.1) is 0 Å². The molecule has 1 saturated heterocycles. The molecule has 0 bridgehead atoms.